The summed E-state index contributed by atoms with van der Waals surface area (Å²) >= 11 is 0. The molecule has 112 valence electrons. The fourth-order valence-electron chi connectivity index (χ4n) is 3.23. The molecule has 0 radical (unpaired) electrons. The number of hydrogen-bond acceptors (Lipinski definition) is 2. The lowest BCUT2D eigenvalue weighted by Gasteiger charge is -2.21. The molecule has 0 aliphatic heterocycles. The Hall–Kier alpha value is -1.02. The second kappa shape index (κ2) is 6.62. The first-order valence-corrected chi connectivity index (χ1v) is 7.91. The highest BCUT2D eigenvalue weighted by molar-refractivity contribution is 5.47. The Balaban J connectivity index is 1.96. The van der Waals surface area contributed by atoms with Gasteiger partial charge in [-0.3, -0.25) is 0 Å². The van der Waals surface area contributed by atoms with E-state index in [1.807, 2.05) is 0 Å². The van der Waals surface area contributed by atoms with Crippen molar-refractivity contribution in [1.29, 1.82) is 0 Å². The van der Waals surface area contributed by atoms with Crippen molar-refractivity contribution in [3.8, 4) is 5.75 Å². The highest BCUT2D eigenvalue weighted by Gasteiger charge is 2.20. The van der Waals surface area contributed by atoms with Gasteiger partial charge in [0.15, 0.2) is 0 Å². The van der Waals surface area contributed by atoms with Crippen LogP contribution < -0.4 is 4.74 Å². The molecular formula is C18H28O2. The molecular weight excluding hydrogens is 248 g/mol. The Bertz CT molecular complexity index is 451. The van der Waals surface area contributed by atoms with Gasteiger partial charge in [-0.05, 0) is 67.2 Å². The van der Waals surface area contributed by atoms with Gasteiger partial charge in [-0.25, -0.2) is 0 Å². The maximum Gasteiger partial charge on any atom is 0.122 e. The molecule has 0 spiro atoms. The number of hydrogen-bond donors (Lipinski definition) is 1. The summed E-state index contributed by atoms with van der Waals surface area (Å²) in [4.78, 5) is 0. The van der Waals surface area contributed by atoms with Crippen LogP contribution in [-0.2, 0) is 12.8 Å². The van der Waals surface area contributed by atoms with Crippen LogP contribution in [0.4, 0.5) is 0 Å². The highest BCUT2D eigenvalue weighted by atomic mass is 16.5. The third-order valence-corrected chi connectivity index (χ3v) is 4.39. The standard InChI is InChI=1S/C18H28O2/c1-12(2)10-14(4)17(19)11-20-18-9-8-13(3)15-6-5-7-16(15)18/h8-9,12,14,17,19H,5-7,10-11H2,1-4H3/t14-,17-/m1/s1. The molecule has 20 heavy (non-hydrogen) atoms. The Morgan fingerprint density at radius 1 is 1.15 bits per heavy atom. The number of aliphatic hydroxyl groups excluding tert-OH is 1. The summed E-state index contributed by atoms with van der Waals surface area (Å²) < 4.78 is 5.92. The fourth-order valence-corrected chi connectivity index (χ4v) is 3.23. The van der Waals surface area contributed by atoms with Crippen LogP contribution in [0.5, 0.6) is 5.75 Å². The normalized spacial score (nSPS) is 17.1. The van der Waals surface area contributed by atoms with Crippen LogP contribution in [0.3, 0.4) is 0 Å². The zero-order chi connectivity index (χ0) is 14.7. The second-order valence-corrected chi connectivity index (χ2v) is 6.68. The van der Waals surface area contributed by atoms with Crippen molar-refractivity contribution in [2.75, 3.05) is 6.61 Å². The fraction of sp³-hybridized carbons (Fsp3) is 0.667. The number of rotatable bonds is 6. The highest BCUT2D eigenvalue weighted by Crippen LogP contribution is 2.33. The first-order valence-electron chi connectivity index (χ1n) is 7.91. The lowest BCUT2D eigenvalue weighted by Crippen LogP contribution is -2.26. The molecule has 0 aromatic heterocycles. The zero-order valence-electron chi connectivity index (χ0n) is 13.3. The molecule has 2 nitrogen and oxygen atoms in total. The number of aryl methyl sites for hydroxylation is 1. The van der Waals surface area contributed by atoms with Gasteiger partial charge in [0, 0.05) is 0 Å². The van der Waals surface area contributed by atoms with E-state index in [1.165, 1.54) is 29.5 Å². The van der Waals surface area contributed by atoms with Crippen LogP contribution in [-0.4, -0.2) is 17.8 Å². The predicted octanol–water partition coefficient (Wildman–Crippen LogP) is 3.91. The van der Waals surface area contributed by atoms with Crippen LogP contribution in [0.15, 0.2) is 12.1 Å². The van der Waals surface area contributed by atoms with E-state index >= 15 is 0 Å². The molecule has 1 N–H and O–H groups in total. The minimum Gasteiger partial charge on any atom is -0.491 e. The van der Waals surface area contributed by atoms with Crippen molar-refractivity contribution in [2.24, 2.45) is 11.8 Å². The lowest BCUT2D eigenvalue weighted by molar-refractivity contribution is 0.0553. The van der Waals surface area contributed by atoms with Gasteiger partial charge in [0.2, 0.25) is 0 Å². The van der Waals surface area contributed by atoms with Gasteiger partial charge in [0.25, 0.3) is 0 Å². The summed E-state index contributed by atoms with van der Waals surface area (Å²) in [5.74, 6) is 1.88. The summed E-state index contributed by atoms with van der Waals surface area (Å²) in [6.45, 7) is 9.07. The molecule has 1 aliphatic rings. The zero-order valence-corrected chi connectivity index (χ0v) is 13.3. The first-order chi connectivity index (χ1) is 9.49. The van der Waals surface area contributed by atoms with Crippen molar-refractivity contribution in [3.63, 3.8) is 0 Å². The van der Waals surface area contributed by atoms with E-state index in [2.05, 4.69) is 39.8 Å². The largest absolute Gasteiger partial charge is 0.491 e. The van der Waals surface area contributed by atoms with Crippen LogP contribution in [0.1, 0.15) is 50.3 Å². The van der Waals surface area contributed by atoms with Gasteiger partial charge in [0.05, 0.1) is 6.10 Å². The van der Waals surface area contributed by atoms with Gasteiger partial charge in [0.1, 0.15) is 12.4 Å². The predicted molar refractivity (Wildman–Crippen MR) is 83.3 cm³/mol. The Labute approximate surface area is 123 Å². The summed E-state index contributed by atoms with van der Waals surface area (Å²) in [6, 6.07) is 4.21. The first kappa shape index (κ1) is 15.4. The Morgan fingerprint density at radius 3 is 2.55 bits per heavy atom. The van der Waals surface area contributed by atoms with E-state index in [1.54, 1.807) is 0 Å². The second-order valence-electron chi connectivity index (χ2n) is 6.68. The van der Waals surface area contributed by atoms with Crippen molar-refractivity contribution in [3.05, 3.63) is 28.8 Å². The third-order valence-electron chi connectivity index (χ3n) is 4.39. The summed E-state index contributed by atoms with van der Waals surface area (Å²) in [5, 5.41) is 10.2. The third kappa shape index (κ3) is 3.54. The molecule has 1 aromatic carbocycles. The quantitative estimate of drug-likeness (QED) is 0.853. The average molecular weight is 276 g/mol. The summed E-state index contributed by atoms with van der Waals surface area (Å²) in [5.41, 5.74) is 4.21. The van der Waals surface area contributed by atoms with Gasteiger partial charge < -0.3 is 9.84 Å². The van der Waals surface area contributed by atoms with Gasteiger partial charge in [-0.15, -0.1) is 0 Å². The van der Waals surface area contributed by atoms with E-state index in [0.717, 1.165) is 18.6 Å². The maximum atomic E-state index is 10.2. The molecule has 2 heteroatoms. The van der Waals surface area contributed by atoms with Crippen molar-refractivity contribution < 1.29 is 9.84 Å². The molecule has 0 saturated carbocycles. The Morgan fingerprint density at radius 2 is 1.85 bits per heavy atom. The molecule has 2 rings (SSSR count). The number of aliphatic hydroxyl groups is 1. The molecule has 1 aliphatic carbocycles. The van der Waals surface area contributed by atoms with Gasteiger partial charge in [-0.2, -0.15) is 0 Å². The van der Waals surface area contributed by atoms with Crippen molar-refractivity contribution in [1.82, 2.24) is 0 Å². The van der Waals surface area contributed by atoms with E-state index in [9.17, 15) is 5.11 Å². The van der Waals surface area contributed by atoms with Crippen molar-refractivity contribution >= 4 is 0 Å². The molecule has 0 saturated heterocycles. The summed E-state index contributed by atoms with van der Waals surface area (Å²) in [6.07, 6.45) is 4.17. The topological polar surface area (TPSA) is 29.5 Å². The molecule has 0 unspecified atom stereocenters. The van der Waals surface area contributed by atoms with E-state index in [0.29, 0.717) is 12.5 Å². The maximum absolute atomic E-state index is 10.2. The summed E-state index contributed by atoms with van der Waals surface area (Å²) in [7, 11) is 0. The number of benzene rings is 1. The van der Waals surface area contributed by atoms with Gasteiger partial charge >= 0.3 is 0 Å². The van der Waals surface area contributed by atoms with E-state index < -0.39 is 0 Å². The van der Waals surface area contributed by atoms with Crippen LogP contribution >= 0.6 is 0 Å². The molecule has 0 heterocycles. The molecule has 0 fully saturated rings. The van der Waals surface area contributed by atoms with E-state index in [4.69, 9.17) is 4.74 Å². The number of ether oxygens (including phenoxy) is 1. The minimum atomic E-state index is -0.379. The smallest absolute Gasteiger partial charge is 0.122 e. The van der Waals surface area contributed by atoms with Crippen LogP contribution in [0, 0.1) is 18.8 Å². The Kier molecular flexibility index (Phi) is 5.09. The van der Waals surface area contributed by atoms with Gasteiger partial charge in [-0.1, -0.05) is 26.8 Å². The SMILES string of the molecule is Cc1ccc(OC[C@@H](O)[C@H](C)CC(C)C)c2c1CCC2. The average Bonchev–Trinajstić information content (AvgIpc) is 2.87. The number of fused-ring (bicyclic) bond motifs is 1. The minimum absolute atomic E-state index is 0.286. The molecule has 0 bridgehead atoms. The molecule has 0 amide bonds. The van der Waals surface area contributed by atoms with E-state index in [-0.39, 0.29) is 12.0 Å². The molecule has 2 atom stereocenters. The lowest BCUT2D eigenvalue weighted by atomic mass is 9.94. The molecule has 1 aromatic rings. The van der Waals surface area contributed by atoms with Crippen LogP contribution in [0.25, 0.3) is 0 Å². The van der Waals surface area contributed by atoms with Crippen molar-refractivity contribution in [2.45, 2.75) is 59.5 Å². The monoisotopic (exact) mass is 276 g/mol. The van der Waals surface area contributed by atoms with Crippen LogP contribution in [0.2, 0.25) is 0 Å².